The van der Waals surface area contributed by atoms with Crippen LogP contribution in [0.2, 0.25) is 1.41 Å². The lowest BCUT2D eigenvalue weighted by atomic mass is 10.3. The van der Waals surface area contributed by atoms with Gasteiger partial charge in [-0.05, 0) is 24.2 Å². The van der Waals surface area contributed by atoms with Gasteiger partial charge in [0.25, 0.3) is 0 Å². The molecule has 0 saturated carbocycles. The van der Waals surface area contributed by atoms with Gasteiger partial charge in [-0.15, -0.1) is 0 Å². The van der Waals surface area contributed by atoms with Gasteiger partial charge in [-0.1, -0.05) is 36.3 Å². The lowest BCUT2D eigenvalue weighted by molar-refractivity contribution is 1.55. The minimum absolute atomic E-state index is 0.132. The monoisotopic (exact) mass is 174 g/mol. The van der Waals surface area contributed by atoms with E-state index in [2.05, 4.69) is 0 Å². The third kappa shape index (κ3) is 2.09. The predicted octanol–water partition coefficient (Wildman–Crippen LogP) is 3.43. The van der Waals surface area contributed by atoms with Crippen molar-refractivity contribution in [1.29, 1.82) is 0 Å². The zero-order chi connectivity index (χ0) is 13.3. The number of hydrogen-bond donors (Lipinski definition) is 1. The van der Waals surface area contributed by atoms with E-state index in [-0.39, 0.29) is 29.9 Å². The summed E-state index contributed by atoms with van der Waals surface area (Å²) in [7, 11) is 0. The molecule has 0 fully saturated rings. The Balaban J connectivity index is 2.52. The second kappa shape index (κ2) is 3.76. The highest BCUT2D eigenvalue weighted by atomic mass is 14.9. The van der Waals surface area contributed by atoms with Crippen LogP contribution in [0.15, 0.2) is 60.6 Å². The average Bonchev–Trinajstić information content (AvgIpc) is 2.41. The summed E-state index contributed by atoms with van der Waals surface area (Å²) in [6, 6.07) is 9.04. The van der Waals surface area contributed by atoms with Gasteiger partial charge >= 0.3 is 0 Å². The van der Waals surface area contributed by atoms with E-state index in [4.69, 9.17) is 6.89 Å². The highest BCUT2D eigenvalue weighted by Crippen LogP contribution is 2.14. The van der Waals surface area contributed by atoms with Gasteiger partial charge in [0, 0.05) is 11.4 Å². The van der Waals surface area contributed by atoms with E-state index in [0.29, 0.717) is 5.69 Å². The van der Waals surface area contributed by atoms with E-state index in [9.17, 15) is 0 Å². The Kier molecular flexibility index (Phi) is 1.15. The van der Waals surface area contributed by atoms with Crippen LogP contribution in [0.5, 0.6) is 0 Å². The Hall–Kier alpha value is -1.76. The van der Waals surface area contributed by atoms with Gasteiger partial charge in [0.1, 0.15) is 0 Å². The van der Waals surface area contributed by atoms with E-state index < -0.39 is 0 Å². The summed E-state index contributed by atoms with van der Waals surface area (Å²) in [6.45, 7) is 0. The summed E-state index contributed by atoms with van der Waals surface area (Å²) in [4.78, 5) is 0. The second-order valence-corrected chi connectivity index (χ2v) is 2.50. The van der Waals surface area contributed by atoms with Crippen molar-refractivity contribution in [2.45, 2.75) is 0 Å². The number of para-hydroxylation sites is 2. The van der Waals surface area contributed by atoms with Crippen LogP contribution in [-0.2, 0) is 0 Å². The molecule has 0 aliphatic carbocycles. The molecule has 1 nitrogen and oxygen atoms in total. The molecule has 0 bridgehead atoms. The van der Waals surface area contributed by atoms with Crippen LogP contribution in [0.25, 0.3) is 0 Å². The molecule has 1 N–H and O–H groups in total. The first kappa shape index (κ1) is 3.97. The maximum Gasteiger partial charge on any atom is 0.167 e. The molecule has 0 aliphatic rings. The van der Waals surface area contributed by atoms with E-state index in [1.54, 1.807) is 24.3 Å². The normalized spacial score (nSPS) is 14.9. The first-order valence-electron chi connectivity index (χ1n) is 6.38. The van der Waals surface area contributed by atoms with Crippen LogP contribution < -0.4 is 5.31 Å². The molecule has 0 spiro atoms. The van der Waals surface area contributed by atoms with Gasteiger partial charge in [-0.2, -0.15) is 0 Å². The van der Waals surface area contributed by atoms with E-state index in [1.165, 1.54) is 6.07 Å². The van der Waals surface area contributed by atoms with Crippen molar-refractivity contribution in [1.82, 2.24) is 0 Å². The van der Waals surface area contributed by atoms with Gasteiger partial charge in [-0.3, -0.25) is 0 Å². The molecule has 0 saturated heterocycles. The summed E-state index contributed by atoms with van der Waals surface area (Å²) in [5, 5.41) is 0.998. The van der Waals surface area contributed by atoms with Gasteiger partial charge in [0.15, 0.2) is 1.41 Å². The first-order chi connectivity index (χ1) is 8.52. The van der Waals surface area contributed by atoms with Crippen molar-refractivity contribution < 1.29 is 6.89 Å². The molecule has 2 rings (SSSR count). The fourth-order valence-electron chi connectivity index (χ4n) is 0.974. The van der Waals surface area contributed by atoms with Crippen molar-refractivity contribution in [2.75, 3.05) is 5.31 Å². The molecule has 2 aromatic rings. The SMILES string of the molecule is [2H]c1cc(N([2H])c2ccccc2)c([2H])c([2H])c1[2H]. The largest absolute Gasteiger partial charge is 0.356 e. The number of hydrogen-bond acceptors (Lipinski definition) is 1. The molecule has 0 aromatic heterocycles. The van der Waals surface area contributed by atoms with Crippen LogP contribution in [-0.4, -0.2) is 0 Å². The molecule has 0 aliphatic heterocycles. The zero-order valence-corrected chi connectivity index (χ0v) is 6.91. The van der Waals surface area contributed by atoms with Crippen molar-refractivity contribution in [3.8, 4) is 0 Å². The smallest absolute Gasteiger partial charge is 0.167 e. The second-order valence-electron chi connectivity index (χ2n) is 2.50. The summed E-state index contributed by atoms with van der Waals surface area (Å²) in [6.07, 6.45) is 0. The fourth-order valence-corrected chi connectivity index (χ4v) is 0.974. The molecular weight excluding hydrogens is 158 g/mol. The Morgan fingerprint density at radius 3 is 2.62 bits per heavy atom. The molecule has 1 heteroatoms. The Labute approximate surface area is 85.1 Å². The van der Waals surface area contributed by atoms with Crippen LogP contribution >= 0.6 is 0 Å². The molecule has 0 atom stereocenters. The van der Waals surface area contributed by atoms with Crippen molar-refractivity contribution >= 4 is 11.4 Å². The van der Waals surface area contributed by atoms with Crippen molar-refractivity contribution in [3.05, 3.63) is 60.6 Å². The summed E-state index contributed by atoms with van der Waals surface area (Å²) in [5.41, 5.74) is 0.676. The minimum Gasteiger partial charge on any atom is -0.356 e. The summed E-state index contributed by atoms with van der Waals surface area (Å²) >= 11 is 0. The Morgan fingerprint density at radius 2 is 1.77 bits per heavy atom. The zero-order valence-electron chi connectivity index (χ0n) is 11.9. The third-order valence-corrected chi connectivity index (χ3v) is 1.54. The molecule has 13 heavy (non-hydrogen) atoms. The summed E-state index contributed by atoms with van der Waals surface area (Å²) in [5.74, 6) is 0. The Bertz CT molecular complexity index is 570. The van der Waals surface area contributed by atoms with E-state index in [1.807, 2.05) is 6.07 Å². The molecular formula is C12H11N. The lowest BCUT2D eigenvalue weighted by Gasteiger charge is -2.04. The first-order valence-corrected chi connectivity index (χ1v) is 3.94. The van der Waals surface area contributed by atoms with Crippen LogP contribution in [0, 0.1) is 0 Å². The fraction of sp³-hybridized carbons (Fsp3) is 0. The molecule has 0 amide bonds. The van der Waals surface area contributed by atoms with Crippen LogP contribution in [0.4, 0.5) is 11.4 Å². The Morgan fingerprint density at radius 1 is 0.923 bits per heavy atom. The quantitative estimate of drug-likeness (QED) is 0.735. The predicted molar refractivity (Wildman–Crippen MR) is 56.2 cm³/mol. The molecule has 64 valence electrons. The van der Waals surface area contributed by atoms with Crippen LogP contribution in [0.1, 0.15) is 5.48 Å². The standard InChI is InChI=1S/C12H11N/c1-3-7-11(8-4-1)13-12-9-5-2-6-10-12/h1-10,13H/i1D,3D,4D,7D/hD. The van der Waals surface area contributed by atoms with Gasteiger partial charge in [-0.25, -0.2) is 0 Å². The maximum absolute atomic E-state index is 7.94. The summed E-state index contributed by atoms with van der Waals surface area (Å²) < 4.78 is 38.3. The number of benzene rings is 2. The molecule has 2 aromatic carbocycles. The highest BCUT2D eigenvalue weighted by molar-refractivity contribution is 5.58. The van der Waals surface area contributed by atoms with Gasteiger partial charge < -0.3 is 5.31 Å². The van der Waals surface area contributed by atoms with Crippen molar-refractivity contribution in [2.24, 2.45) is 0 Å². The lowest BCUT2D eigenvalue weighted by Crippen LogP contribution is -1.87. The number of rotatable bonds is 2. The molecule has 0 unspecified atom stereocenters. The van der Waals surface area contributed by atoms with Gasteiger partial charge in [0.05, 0.1) is 5.48 Å². The molecule has 0 heterocycles. The number of nitrogens with one attached hydrogen (secondary N) is 1. The topological polar surface area (TPSA) is 12.0 Å². The number of anilines is 2. The molecule has 0 radical (unpaired) electrons. The van der Waals surface area contributed by atoms with Crippen molar-refractivity contribution in [3.63, 3.8) is 0 Å². The minimum atomic E-state index is -0.328. The van der Waals surface area contributed by atoms with E-state index in [0.717, 1.165) is 5.31 Å². The van der Waals surface area contributed by atoms with Crippen LogP contribution in [0.3, 0.4) is 0 Å². The maximum atomic E-state index is 7.94. The highest BCUT2D eigenvalue weighted by Gasteiger charge is 1.89. The average molecular weight is 174 g/mol. The third-order valence-electron chi connectivity index (χ3n) is 1.54. The van der Waals surface area contributed by atoms with Gasteiger partial charge in [0.2, 0.25) is 0 Å². The van der Waals surface area contributed by atoms with E-state index >= 15 is 0 Å².